The van der Waals surface area contributed by atoms with Crippen molar-refractivity contribution in [3.8, 4) is 0 Å². The fraction of sp³-hybridized carbons (Fsp3) is 1.00. The molecule has 0 aromatic rings. The van der Waals surface area contributed by atoms with Gasteiger partial charge in [-0.3, -0.25) is 4.90 Å². The third-order valence-corrected chi connectivity index (χ3v) is 3.01. The first-order valence-electron chi connectivity index (χ1n) is 5.78. The van der Waals surface area contributed by atoms with E-state index in [9.17, 15) is 0 Å². The predicted octanol–water partition coefficient (Wildman–Crippen LogP) is 2.45. The molecule has 0 heterocycles. The summed E-state index contributed by atoms with van der Waals surface area (Å²) in [5.41, 5.74) is 0. The van der Waals surface area contributed by atoms with Gasteiger partial charge in [0, 0.05) is 24.7 Å². The lowest BCUT2D eigenvalue weighted by molar-refractivity contribution is 0.154. The van der Waals surface area contributed by atoms with Crippen LogP contribution in [0.5, 0.6) is 0 Å². The van der Waals surface area contributed by atoms with Gasteiger partial charge in [0.2, 0.25) is 0 Å². The quantitative estimate of drug-likeness (QED) is 0.650. The summed E-state index contributed by atoms with van der Waals surface area (Å²) in [6, 6.07) is 1.99. The van der Waals surface area contributed by atoms with Gasteiger partial charge in [0.25, 0.3) is 0 Å². The molecule has 0 saturated carbocycles. The first-order chi connectivity index (χ1) is 6.36. The minimum absolute atomic E-state index is 0.657. The minimum Gasteiger partial charge on any atom is -0.307 e. The second kappa shape index (κ2) is 6.41. The molecular weight excluding hydrogens is 172 g/mol. The zero-order chi connectivity index (χ0) is 11.3. The van der Waals surface area contributed by atoms with Crippen molar-refractivity contribution in [2.75, 3.05) is 20.6 Å². The second-order valence-electron chi connectivity index (χ2n) is 5.03. The molecule has 14 heavy (non-hydrogen) atoms. The molecule has 0 aromatic carbocycles. The fourth-order valence-corrected chi connectivity index (χ4v) is 1.71. The summed E-state index contributed by atoms with van der Waals surface area (Å²) in [7, 11) is 4.31. The molecule has 0 aromatic heterocycles. The molecule has 0 aliphatic carbocycles. The third-order valence-electron chi connectivity index (χ3n) is 3.01. The van der Waals surface area contributed by atoms with Gasteiger partial charge in [-0.05, 0) is 55.1 Å². The highest BCUT2D eigenvalue weighted by Gasteiger charge is 2.14. The first kappa shape index (κ1) is 13.9. The van der Waals surface area contributed by atoms with E-state index in [2.05, 4.69) is 58.5 Å². The van der Waals surface area contributed by atoms with Crippen LogP contribution in [0.25, 0.3) is 0 Å². The van der Waals surface area contributed by atoms with Crippen LogP contribution in [0, 0.1) is 0 Å². The second-order valence-corrected chi connectivity index (χ2v) is 5.03. The molecule has 0 bridgehead atoms. The predicted molar refractivity (Wildman–Crippen MR) is 64.7 cm³/mol. The molecule has 0 amide bonds. The summed E-state index contributed by atoms with van der Waals surface area (Å²) in [4.78, 5) is 4.85. The van der Waals surface area contributed by atoms with Crippen LogP contribution in [-0.2, 0) is 0 Å². The highest BCUT2D eigenvalue weighted by molar-refractivity contribution is 4.70. The highest BCUT2D eigenvalue weighted by Crippen LogP contribution is 2.08. The van der Waals surface area contributed by atoms with E-state index in [1.54, 1.807) is 0 Å². The molecule has 0 aliphatic rings. The van der Waals surface area contributed by atoms with Gasteiger partial charge in [-0.25, -0.2) is 0 Å². The van der Waals surface area contributed by atoms with Crippen LogP contribution < -0.4 is 0 Å². The van der Waals surface area contributed by atoms with Crippen LogP contribution in [-0.4, -0.2) is 48.6 Å². The Bertz CT molecular complexity index is 133. The Balaban J connectivity index is 3.94. The maximum absolute atomic E-state index is 2.56. The molecule has 0 spiro atoms. The van der Waals surface area contributed by atoms with Crippen molar-refractivity contribution < 1.29 is 0 Å². The lowest BCUT2D eigenvalue weighted by Gasteiger charge is -2.32. The van der Waals surface area contributed by atoms with Gasteiger partial charge in [-0.15, -0.1) is 0 Å². The van der Waals surface area contributed by atoms with Crippen molar-refractivity contribution in [1.29, 1.82) is 0 Å². The van der Waals surface area contributed by atoms with Crippen molar-refractivity contribution >= 4 is 0 Å². The van der Waals surface area contributed by atoms with Gasteiger partial charge in [0.1, 0.15) is 0 Å². The van der Waals surface area contributed by atoms with E-state index < -0.39 is 0 Å². The van der Waals surface area contributed by atoms with Gasteiger partial charge < -0.3 is 4.90 Å². The van der Waals surface area contributed by atoms with Crippen molar-refractivity contribution in [2.24, 2.45) is 0 Å². The SMILES string of the molecule is CC(CCN(C(C)C)C(C)C)N(C)C. The van der Waals surface area contributed by atoms with Crippen molar-refractivity contribution in [2.45, 2.75) is 59.2 Å². The van der Waals surface area contributed by atoms with Gasteiger partial charge in [-0.1, -0.05) is 0 Å². The zero-order valence-corrected chi connectivity index (χ0v) is 11.0. The molecule has 86 valence electrons. The van der Waals surface area contributed by atoms with E-state index in [-0.39, 0.29) is 0 Å². The third kappa shape index (κ3) is 4.97. The Morgan fingerprint density at radius 1 is 0.857 bits per heavy atom. The molecule has 1 unspecified atom stereocenters. The van der Waals surface area contributed by atoms with Crippen molar-refractivity contribution in [3.63, 3.8) is 0 Å². The smallest absolute Gasteiger partial charge is 0.00730 e. The molecule has 0 radical (unpaired) electrons. The summed E-state index contributed by atoms with van der Waals surface area (Å²) < 4.78 is 0. The summed E-state index contributed by atoms with van der Waals surface area (Å²) in [5, 5.41) is 0. The zero-order valence-electron chi connectivity index (χ0n) is 11.0. The maximum Gasteiger partial charge on any atom is 0.00730 e. The van der Waals surface area contributed by atoms with Gasteiger partial charge in [0.05, 0.1) is 0 Å². The standard InChI is InChI=1S/C12H28N2/c1-10(2)14(11(3)4)9-8-12(5)13(6)7/h10-12H,8-9H2,1-7H3. The molecule has 0 fully saturated rings. The molecule has 0 aliphatic heterocycles. The van der Waals surface area contributed by atoms with Crippen molar-refractivity contribution in [3.05, 3.63) is 0 Å². The van der Waals surface area contributed by atoms with Gasteiger partial charge in [0.15, 0.2) is 0 Å². The van der Waals surface area contributed by atoms with Crippen LogP contribution in [0.1, 0.15) is 41.0 Å². The number of rotatable bonds is 6. The molecule has 0 rings (SSSR count). The topological polar surface area (TPSA) is 6.48 Å². The van der Waals surface area contributed by atoms with E-state index in [0.717, 1.165) is 0 Å². The molecule has 1 atom stereocenters. The molecule has 2 nitrogen and oxygen atoms in total. The van der Waals surface area contributed by atoms with E-state index in [0.29, 0.717) is 18.1 Å². The van der Waals surface area contributed by atoms with Crippen LogP contribution in [0.2, 0.25) is 0 Å². The summed E-state index contributed by atoms with van der Waals surface area (Å²) in [6.45, 7) is 12.6. The van der Waals surface area contributed by atoms with Crippen molar-refractivity contribution in [1.82, 2.24) is 9.80 Å². The highest BCUT2D eigenvalue weighted by atomic mass is 15.2. The number of hydrogen-bond donors (Lipinski definition) is 0. The lowest BCUT2D eigenvalue weighted by Crippen LogP contribution is -2.40. The normalized spacial score (nSPS) is 14.8. The lowest BCUT2D eigenvalue weighted by atomic mass is 10.1. The average Bonchev–Trinajstić information content (AvgIpc) is 2.02. The molecule has 0 saturated heterocycles. The molecule has 0 N–H and O–H groups in total. The van der Waals surface area contributed by atoms with Gasteiger partial charge in [-0.2, -0.15) is 0 Å². The fourth-order valence-electron chi connectivity index (χ4n) is 1.71. The first-order valence-corrected chi connectivity index (χ1v) is 5.78. The Morgan fingerprint density at radius 2 is 1.29 bits per heavy atom. The van der Waals surface area contributed by atoms with E-state index in [1.165, 1.54) is 13.0 Å². The Hall–Kier alpha value is -0.0800. The van der Waals surface area contributed by atoms with Crippen LogP contribution in [0.15, 0.2) is 0 Å². The van der Waals surface area contributed by atoms with Gasteiger partial charge >= 0.3 is 0 Å². The number of nitrogens with zero attached hydrogens (tertiary/aromatic N) is 2. The largest absolute Gasteiger partial charge is 0.307 e. The average molecular weight is 200 g/mol. The summed E-state index contributed by atoms with van der Waals surface area (Å²) in [5.74, 6) is 0. The summed E-state index contributed by atoms with van der Waals surface area (Å²) >= 11 is 0. The van der Waals surface area contributed by atoms with Crippen LogP contribution >= 0.6 is 0 Å². The van der Waals surface area contributed by atoms with Crippen LogP contribution in [0.3, 0.4) is 0 Å². The summed E-state index contributed by atoms with van der Waals surface area (Å²) in [6.07, 6.45) is 1.25. The minimum atomic E-state index is 0.657. The van der Waals surface area contributed by atoms with E-state index in [1.807, 2.05) is 0 Å². The Morgan fingerprint density at radius 3 is 1.57 bits per heavy atom. The number of hydrogen-bond acceptors (Lipinski definition) is 2. The maximum atomic E-state index is 2.56. The molecule has 2 heteroatoms. The monoisotopic (exact) mass is 200 g/mol. The Labute approximate surface area is 90.3 Å². The Kier molecular flexibility index (Phi) is 6.38. The van der Waals surface area contributed by atoms with Crippen LogP contribution in [0.4, 0.5) is 0 Å². The van der Waals surface area contributed by atoms with E-state index >= 15 is 0 Å². The van der Waals surface area contributed by atoms with E-state index in [4.69, 9.17) is 0 Å². The molecular formula is C12H28N2.